The molecule has 1 fully saturated rings. The van der Waals surface area contributed by atoms with Gasteiger partial charge in [0, 0.05) is 43.7 Å². The first-order chi connectivity index (χ1) is 7.77. The molecule has 0 spiro atoms. The van der Waals surface area contributed by atoms with Gasteiger partial charge in [-0.1, -0.05) is 12.0 Å². The molecular formula is C11H23N5. The Morgan fingerprint density at radius 1 is 1.31 bits per heavy atom. The standard InChI is InChI=1S/C11H23N5/c1-3-11(2)16-9-7-15(8-10-16)6-4-5-13-14-12/h11H,3-10H2,1-2H3. The minimum Gasteiger partial charge on any atom is -0.301 e. The molecule has 0 saturated carbocycles. The van der Waals surface area contributed by atoms with E-state index >= 15 is 0 Å². The van der Waals surface area contributed by atoms with Crippen LogP contribution >= 0.6 is 0 Å². The molecule has 1 aliphatic heterocycles. The van der Waals surface area contributed by atoms with Crippen LogP contribution in [-0.4, -0.2) is 55.1 Å². The monoisotopic (exact) mass is 225 g/mol. The van der Waals surface area contributed by atoms with Crippen molar-refractivity contribution in [2.75, 3.05) is 39.3 Å². The van der Waals surface area contributed by atoms with E-state index in [0.29, 0.717) is 12.6 Å². The molecule has 5 nitrogen and oxygen atoms in total. The first-order valence-corrected chi connectivity index (χ1v) is 6.25. The van der Waals surface area contributed by atoms with Gasteiger partial charge in [0.25, 0.3) is 0 Å². The molecule has 0 aliphatic carbocycles. The lowest BCUT2D eigenvalue weighted by Crippen LogP contribution is -2.49. The van der Waals surface area contributed by atoms with E-state index in [2.05, 4.69) is 33.7 Å². The van der Waals surface area contributed by atoms with E-state index in [-0.39, 0.29) is 0 Å². The van der Waals surface area contributed by atoms with E-state index in [4.69, 9.17) is 5.53 Å². The van der Waals surface area contributed by atoms with Crippen molar-refractivity contribution in [2.24, 2.45) is 5.11 Å². The van der Waals surface area contributed by atoms with Crippen LogP contribution in [0.3, 0.4) is 0 Å². The van der Waals surface area contributed by atoms with Crippen LogP contribution in [0.5, 0.6) is 0 Å². The van der Waals surface area contributed by atoms with Crippen LogP contribution in [0.2, 0.25) is 0 Å². The van der Waals surface area contributed by atoms with Crippen molar-refractivity contribution in [3.05, 3.63) is 10.4 Å². The summed E-state index contributed by atoms with van der Waals surface area (Å²) in [6.45, 7) is 10.9. The summed E-state index contributed by atoms with van der Waals surface area (Å²) >= 11 is 0. The maximum absolute atomic E-state index is 8.16. The number of hydrogen-bond donors (Lipinski definition) is 0. The fraction of sp³-hybridized carbons (Fsp3) is 1.00. The summed E-state index contributed by atoms with van der Waals surface area (Å²) in [6, 6.07) is 0.713. The Bertz CT molecular complexity index is 229. The summed E-state index contributed by atoms with van der Waals surface area (Å²) in [4.78, 5) is 7.79. The molecule has 0 bridgehead atoms. The minimum atomic E-state index is 0.627. The molecule has 0 radical (unpaired) electrons. The average Bonchev–Trinajstić information content (AvgIpc) is 2.34. The van der Waals surface area contributed by atoms with Crippen LogP contribution in [0, 0.1) is 0 Å². The highest BCUT2D eigenvalue weighted by Gasteiger charge is 2.19. The van der Waals surface area contributed by atoms with Crippen LogP contribution in [-0.2, 0) is 0 Å². The van der Waals surface area contributed by atoms with Gasteiger partial charge in [-0.25, -0.2) is 0 Å². The highest BCUT2D eigenvalue weighted by atomic mass is 15.3. The number of azide groups is 1. The SMILES string of the molecule is CCC(C)N1CCN(CCCN=[N+]=[N-])CC1. The predicted molar refractivity (Wildman–Crippen MR) is 66.4 cm³/mol. The second-order valence-electron chi connectivity index (χ2n) is 4.44. The molecule has 0 aromatic heterocycles. The molecule has 1 saturated heterocycles. The Balaban J connectivity index is 2.14. The molecule has 0 aromatic carbocycles. The van der Waals surface area contributed by atoms with Gasteiger partial charge < -0.3 is 4.90 Å². The lowest BCUT2D eigenvalue weighted by atomic mass is 10.2. The van der Waals surface area contributed by atoms with E-state index in [1.165, 1.54) is 19.5 Å². The first-order valence-electron chi connectivity index (χ1n) is 6.25. The van der Waals surface area contributed by atoms with Crippen LogP contribution < -0.4 is 0 Å². The zero-order valence-electron chi connectivity index (χ0n) is 10.5. The van der Waals surface area contributed by atoms with Crippen molar-refractivity contribution < 1.29 is 0 Å². The topological polar surface area (TPSA) is 55.2 Å². The molecule has 1 unspecified atom stereocenters. The van der Waals surface area contributed by atoms with Gasteiger partial charge in [-0.3, -0.25) is 4.90 Å². The molecule has 1 rings (SSSR count). The van der Waals surface area contributed by atoms with Crippen molar-refractivity contribution in [3.63, 3.8) is 0 Å². The zero-order chi connectivity index (χ0) is 11.8. The van der Waals surface area contributed by atoms with Crippen molar-refractivity contribution in [1.29, 1.82) is 0 Å². The Hall–Kier alpha value is -0.770. The second kappa shape index (κ2) is 7.49. The van der Waals surface area contributed by atoms with Gasteiger partial charge in [-0.2, -0.15) is 0 Å². The number of rotatable bonds is 6. The molecule has 1 heterocycles. The van der Waals surface area contributed by atoms with E-state index in [1.807, 2.05) is 0 Å². The smallest absolute Gasteiger partial charge is 0.0270 e. The quantitative estimate of drug-likeness (QED) is 0.301. The third-order valence-electron chi connectivity index (χ3n) is 3.42. The Morgan fingerprint density at radius 3 is 2.56 bits per heavy atom. The predicted octanol–water partition coefficient (Wildman–Crippen LogP) is 2.10. The Kier molecular flexibility index (Phi) is 6.23. The van der Waals surface area contributed by atoms with Crippen LogP contribution in [0.4, 0.5) is 0 Å². The first kappa shape index (κ1) is 13.3. The average molecular weight is 225 g/mol. The van der Waals surface area contributed by atoms with E-state index in [0.717, 1.165) is 26.1 Å². The van der Waals surface area contributed by atoms with E-state index in [9.17, 15) is 0 Å². The van der Waals surface area contributed by atoms with Crippen LogP contribution in [0.25, 0.3) is 10.4 Å². The lowest BCUT2D eigenvalue weighted by molar-refractivity contribution is 0.100. The number of hydrogen-bond acceptors (Lipinski definition) is 3. The second-order valence-corrected chi connectivity index (χ2v) is 4.44. The molecule has 0 aromatic rings. The minimum absolute atomic E-state index is 0.627. The fourth-order valence-corrected chi connectivity index (χ4v) is 2.10. The van der Waals surface area contributed by atoms with Gasteiger partial charge in [-0.05, 0) is 31.8 Å². The Morgan fingerprint density at radius 2 is 2.00 bits per heavy atom. The van der Waals surface area contributed by atoms with Crippen molar-refractivity contribution >= 4 is 0 Å². The van der Waals surface area contributed by atoms with E-state index < -0.39 is 0 Å². The van der Waals surface area contributed by atoms with Gasteiger partial charge in [-0.15, -0.1) is 0 Å². The molecule has 1 aliphatic rings. The summed E-state index contributed by atoms with van der Waals surface area (Å²) in [5.74, 6) is 0. The highest BCUT2D eigenvalue weighted by Crippen LogP contribution is 2.08. The summed E-state index contributed by atoms with van der Waals surface area (Å²) in [5.41, 5.74) is 8.16. The fourth-order valence-electron chi connectivity index (χ4n) is 2.10. The molecule has 0 amide bonds. The number of piperazine rings is 1. The van der Waals surface area contributed by atoms with Gasteiger partial charge in [0.1, 0.15) is 0 Å². The van der Waals surface area contributed by atoms with Crippen molar-refractivity contribution in [1.82, 2.24) is 9.80 Å². The third kappa shape index (κ3) is 4.39. The lowest BCUT2D eigenvalue weighted by Gasteiger charge is -2.37. The van der Waals surface area contributed by atoms with Crippen molar-refractivity contribution in [2.45, 2.75) is 32.7 Å². The summed E-state index contributed by atoms with van der Waals surface area (Å²) < 4.78 is 0. The molecule has 5 heteroatoms. The number of nitrogens with zero attached hydrogens (tertiary/aromatic N) is 5. The van der Waals surface area contributed by atoms with Gasteiger partial charge in [0.2, 0.25) is 0 Å². The maximum Gasteiger partial charge on any atom is 0.0270 e. The van der Waals surface area contributed by atoms with Crippen LogP contribution in [0.1, 0.15) is 26.7 Å². The largest absolute Gasteiger partial charge is 0.301 e. The van der Waals surface area contributed by atoms with Crippen molar-refractivity contribution in [3.8, 4) is 0 Å². The van der Waals surface area contributed by atoms with Gasteiger partial charge >= 0.3 is 0 Å². The molecule has 0 N–H and O–H groups in total. The van der Waals surface area contributed by atoms with Gasteiger partial charge in [0.05, 0.1) is 0 Å². The molecule has 1 atom stereocenters. The van der Waals surface area contributed by atoms with Crippen LogP contribution in [0.15, 0.2) is 5.11 Å². The summed E-state index contributed by atoms with van der Waals surface area (Å²) in [6.07, 6.45) is 2.21. The van der Waals surface area contributed by atoms with E-state index in [1.54, 1.807) is 0 Å². The maximum atomic E-state index is 8.16. The zero-order valence-corrected chi connectivity index (χ0v) is 10.5. The Labute approximate surface area is 98.0 Å². The summed E-state index contributed by atoms with van der Waals surface area (Å²) in [5, 5.41) is 3.56. The third-order valence-corrected chi connectivity index (χ3v) is 3.42. The highest BCUT2D eigenvalue weighted by molar-refractivity contribution is 4.75. The van der Waals surface area contributed by atoms with Gasteiger partial charge in [0.15, 0.2) is 0 Å². The normalized spacial score (nSPS) is 20.4. The molecule has 92 valence electrons. The summed E-state index contributed by atoms with van der Waals surface area (Å²) in [7, 11) is 0. The molecule has 16 heavy (non-hydrogen) atoms. The molecular weight excluding hydrogens is 202 g/mol.